The summed E-state index contributed by atoms with van der Waals surface area (Å²) in [5, 5.41) is 3.73. The van der Waals surface area contributed by atoms with Crippen molar-refractivity contribution in [1.29, 1.82) is 0 Å². The van der Waals surface area contributed by atoms with Crippen LogP contribution in [0.5, 0.6) is 11.5 Å². The maximum Gasteiger partial charge on any atom is 0.161 e. The van der Waals surface area contributed by atoms with Crippen LogP contribution < -0.4 is 14.8 Å². The van der Waals surface area contributed by atoms with Crippen LogP contribution in [-0.4, -0.2) is 25.3 Å². The summed E-state index contributed by atoms with van der Waals surface area (Å²) in [6.45, 7) is 3.94. The lowest BCUT2D eigenvalue weighted by Crippen LogP contribution is -2.52. The Hall–Kier alpha value is -1.22. The minimum Gasteiger partial charge on any atom is -0.486 e. The largest absolute Gasteiger partial charge is 0.486 e. The second-order valence-electron chi connectivity index (χ2n) is 6.29. The summed E-state index contributed by atoms with van der Waals surface area (Å²) in [6.07, 6.45) is 8.05. The van der Waals surface area contributed by atoms with Gasteiger partial charge in [0.25, 0.3) is 0 Å². The van der Waals surface area contributed by atoms with E-state index in [-0.39, 0.29) is 6.10 Å². The predicted molar refractivity (Wildman–Crippen MR) is 85.0 cm³/mol. The minimum absolute atomic E-state index is 0.134. The average Bonchev–Trinajstić information content (AvgIpc) is 2.56. The Morgan fingerprint density at radius 1 is 1.14 bits per heavy atom. The van der Waals surface area contributed by atoms with Gasteiger partial charge in [0, 0.05) is 0 Å². The topological polar surface area (TPSA) is 30.5 Å². The van der Waals surface area contributed by atoms with E-state index in [0.717, 1.165) is 30.4 Å². The fourth-order valence-corrected chi connectivity index (χ4v) is 3.62. The SMILES string of the molecule is CCCNC(C1CCCCC1)C1COc2ccccc2O1. The number of hydrogen-bond donors (Lipinski definition) is 1. The first-order valence-electron chi connectivity index (χ1n) is 8.50. The van der Waals surface area contributed by atoms with Crippen LogP contribution in [0.25, 0.3) is 0 Å². The number of ether oxygens (including phenoxy) is 2. The van der Waals surface area contributed by atoms with Crippen LogP contribution in [0.3, 0.4) is 0 Å². The fraction of sp³-hybridized carbons (Fsp3) is 0.667. The van der Waals surface area contributed by atoms with E-state index in [2.05, 4.69) is 12.2 Å². The molecule has 3 rings (SSSR count). The van der Waals surface area contributed by atoms with Gasteiger partial charge in [0.15, 0.2) is 11.5 Å². The molecule has 21 heavy (non-hydrogen) atoms. The molecule has 2 aliphatic rings. The molecule has 3 nitrogen and oxygen atoms in total. The highest BCUT2D eigenvalue weighted by atomic mass is 16.6. The molecule has 1 aromatic rings. The molecule has 0 radical (unpaired) electrons. The number of rotatable bonds is 5. The quantitative estimate of drug-likeness (QED) is 0.895. The summed E-state index contributed by atoms with van der Waals surface area (Å²) in [4.78, 5) is 0. The maximum atomic E-state index is 6.26. The second-order valence-corrected chi connectivity index (χ2v) is 6.29. The molecular weight excluding hydrogens is 262 g/mol. The first-order chi connectivity index (χ1) is 10.4. The molecule has 1 N–H and O–H groups in total. The van der Waals surface area contributed by atoms with Crippen molar-refractivity contribution in [2.75, 3.05) is 13.2 Å². The van der Waals surface area contributed by atoms with Gasteiger partial charge in [0.05, 0.1) is 6.04 Å². The van der Waals surface area contributed by atoms with Crippen molar-refractivity contribution in [3.63, 3.8) is 0 Å². The summed E-state index contributed by atoms with van der Waals surface area (Å²) in [7, 11) is 0. The van der Waals surface area contributed by atoms with Crippen molar-refractivity contribution in [1.82, 2.24) is 5.32 Å². The molecule has 1 heterocycles. The van der Waals surface area contributed by atoms with Crippen LogP contribution in [0.15, 0.2) is 24.3 Å². The molecule has 0 spiro atoms. The van der Waals surface area contributed by atoms with E-state index in [9.17, 15) is 0 Å². The van der Waals surface area contributed by atoms with Gasteiger partial charge in [-0.2, -0.15) is 0 Å². The highest BCUT2D eigenvalue weighted by Gasteiger charge is 2.34. The Morgan fingerprint density at radius 2 is 1.90 bits per heavy atom. The van der Waals surface area contributed by atoms with Crippen molar-refractivity contribution >= 4 is 0 Å². The van der Waals surface area contributed by atoms with Crippen molar-refractivity contribution < 1.29 is 9.47 Å². The van der Waals surface area contributed by atoms with Gasteiger partial charge >= 0.3 is 0 Å². The van der Waals surface area contributed by atoms with Gasteiger partial charge in [-0.3, -0.25) is 0 Å². The molecule has 1 aromatic carbocycles. The van der Waals surface area contributed by atoms with Gasteiger partial charge < -0.3 is 14.8 Å². The van der Waals surface area contributed by atoms with E-state index >= 15 is 0 Å². The van der Waals surface area contributed by atoms with Gasteiger partial charge in [-0.1, -0.05) is 38.3 Å². The van der Waals surface area contributed by atoms with E-state index in [0.29, 0.717) is 12.6 Å². The van der Waals surface area contributed by atoms with Gasteiger partial charge in [-0.25, -0.2) is 0 Å². The first kappa shape index (κ1) is 14.7. The summed E-state index contributed by atoms with van der Waals surface area (Å²) < 4.78 is 12.2. The standard InChI is InChI=1S/C18H27NO2/c1-2-12-19-18(14-8-4-3-5-9-14)17-13-20-15-10-6-7-11-16(15)21-17/h6-7,10-11,14,17-19H,2-5,8-9,12-13H2,1H3. The zero-order valence-electron chi connectivity index (χ0n) is 13.0. The minimum atomic E-state index is 0.134. The predicted octanol–water partition coefficient (Wildman–Crippen LogP) is 3.77. The first-order valence-corrected chi connectivity index (χ1v) is 8.50. The summed E-state index contributed by atoms with van der Waals surface area (Å²) in [6, 6.07) is 8.43. The van der Waals surface area contributed by atoms with Gasteiger partial charge in [0.1, 0.15) is 12.7 Å². The normalized spacial score (nSPS) is 23.8. The Balaban J connectivity index is 1.71. The van der Waals surface area contributed by atoms with Crippen molar-refractivity contribution in [2.24, 2.45) is 5.92 Å². The van der Waals surface area contributed by atoms with Crippen molar-refractivity contribution in [3.8, 4) is 11.5 Å². The molecule has 1 fully saturated rings. The summed E-state index contributed by atoms with van der Waals surface area (Å²) >= 11 is 0. The molecule has 0 saturated heterocycles. The number of nitrogens with one attached hydrogen (secondary N) is 1. The van der Waals surface area contributed by atoms with Crippen LogP contribution in [0.4, 0.5) is 0 Å². The van der Waals surface area contributed by atoms with E-state index in [1.54, 1.807) is 0 Å². The van der Waals surface area contributed by atoms with Crippen molar-refractivity contribution in [3.05, 3.63) is 24.3 Å². The molecule has 1 saturated carbocycles. The van der Waals surface area contributed by atoms with E-state index in [4.69, 9.17) is 9.47 Å². The smallest absolute Gasteiger partial charge is 0.161 e. The molecule has 0 amide bonds. The fourth-order valence-electron chi connectivity index (χ4n) is 3.62. The molecule has 116 valence electrons. The number of para-hydroxylation sites is 2. The van der Waals surface area contributed by atoms with Gasteiger partial charge in [0.2, 0.25) is 0 Å². The third-order valence-electron chi connectivity index (χ3n) is 4.72. The average molecular weight is 289 g/mol. The lowest BCUT2D eigenvalue weighted by molar-refractivity contribution is 0.0367. The van der Waals surface area contributed by atoms with E-state index in [1.807, 2.05) is 24.3 Å². The lowest BCUT2D eigenvalue weighted by atomic mass is 9.81. The van der Waals surface area contributed by atoms with Gasteiger partial charge in [-0.15, -0.1) is 0 Å². The molecule has 0 bridgehead atoms. The molecular formula is C18H27NO2. The molecule has 2 unspecified atom stereocenters. The molecule has 2 atom stereocenters. The Labute approximate surface area is 128 Å². The third kappa shape index (κ3) is 3.52. The lowest BCUT2D eigenvalue weighted by Gasteiger charge is -2.38. The molecule has 1 aliphatic heterocycles. The Morgan fingerprint density at radius 3 is 2.67 bits per heavy atom. The maximum absolute atomic E-state index is 6.26. The highest BCUT2D eigenvalue weighted by molar-refractivity contribution is 5.40. The van der Waals surface area contributed by atoms with Crippen LogP contribution in [-0.2, 0) is 0 Å². The Bertz CT molecular complexity index is 443. The van der Waals surface area contributed by atoms with Crippen molar-refractivity contribution in [2.45, 2.75) is 57.6 Å². The number of fused-ring (bicyclic) bond motifs is 1. The summed E-state index contributed by atoms with van der Waals surface area (Å²) in [5.74, 6) is 2.50. The number of hydrogen-bond acceptors (Lipinski definition) is 3. The zero-order chi connectivity index (χ0) is 14.5. The van der Waals surface area contributed by atoms with Crippen LogP contribution in [0, 0.1) is 5.92 Å². The molecule has 1 aliphatic carbocycles. The second kappa shape index (κ2) is 7.17. The van der Waals surface area contributed by atoms with Crippen LogP contribution >= 0.6 is 0 Å². The monoisotopic (exact) mass is 289 g/mol. The number of benzene rings is 1. The zero-order valence-corrected chi connectivity index (χ0v) is 13.0. The van der Waals surface area contributed by atoms with Crippen LogP contribution in [0.1, 0.15) is 45.4 Å². The van der Waals surface area contributed by atoms with E-state index in [1.165, 1.54) is 32.1 Å². The van der Waals surface area contributed by atoms with Gasteiger partial charge in [-0.05, 0) is 43.9 Å². The molecule has 3 heteroatoms. The Kier molecular flexibility index (Phi) is 5.02. The summed E-state index contributed by atoms with van der Waals surface area (Å²) in [5.41, 5.74) is 0. The van der Waals surface area contributed by atoms with E-state index < -0.39 is 0 Å². The third-order valence-corrected chi connectivity index (χ3v) is 4.72. The highest BCUT2D eigenvalue weighted by Crippen LogP contribution is 2.35. The molecule has 0 aromatic heterocycles. The van der Waals surface area contributed by atoms with Crippen LogP contribution in [0.2, 0.25) is 0 Å².